The van der Waals surface area contributed by atoms with Crippen molar-refractivity contribution < 1.29 is 62.2 Å². The number of aromatic amines is 1. The van der Waals surface area contributed by atoms with Crippen LogP contribution in [0.2, 0.25) is 51.4 Å². The summed E-state index contributed by atoms with van der Waals surface area (Å²) in [7, 11) is -7.27. The van der Waals surface area contributed by atoms with Gasteiger partial charge in [-0.2, -0.15) is 75.4 Å². The minimum Gasteiger partial charge on any atom is -0.444 e. The Morgan fingerprint density at radius 3 is 1.47 bits per heavy atom. The average Bonchev–Trinajstić information content (AvgIpc) is 1.39. The molecule has 1 N–H and O–H groups in total. The highest BCUT2D eigenvalue weighted by atomic mass is 35.7. The second-order valence-corrected chi connectivity index (χ2v) is 48.3. The molecule has 0 spiro atoms. The van der Waals surface area contributed by atoms with E-state index in [4.69, 9.17) is 44.6 Å². The van der Waals surface area contributed by atoms with Gasteiger partial charge in [0.1, 0.15) is 35.9 Å². The number of nitrogens with zero attached hydrogens (tertiary/aromatic N) is 18. The van der Waals surface area contributed by atoms with Crippen LogP contribution in [0.25, 0.3) is 58.9 Å². The van der Waals surface area contributed by atoms with E-state index in [1.807, 2.05) is 80.7 Å². The smallest absolute Gasteiger partial charge is 0.444 e. The number of amides is 2. The molecule has 39 heteroatoms. The Hall–Kier alpha value is -8.20. The van der Waals surface area contributed by atoms with E-state index in [1.54, 1.807) is 26.3 Å². The lowest BCUT2D eigenvalue weighted by Gasteiger charge is -2.48. The first kappa shape index (κ1) is 87.4. The van der Waals surface area contributed by atoms with E-state index in [0.717, 1.165) is 119 Å². The van der Waals surface area contributed by atoms with E-state index < -0.39 is 69.0 Å². The number of ether oxygens (including phenoxy) is 3. The lowest BCUT2D eigenvalue weighted by atomic mass is 9.89. The molecule has 0 unspecified atom stereocenters. The number of rotatable bonds is 19. The molecule has 6 aromatic heterocycles. The van der Waals surface area contributed by atoms with Crippen LogP contribution in [0.3, 0.4) is 0 Å². The molecule has 30 nitrogen and oxygen atoms in total. The number of carbonyl (C=O) groups excluding carboxylic acids is 2. The molecule has 0 atom stereocenters. The predicted octanol–water partition coefficient (Wildman–Crippen LogP) is 11.5. The molecule has 7 saturated heterocycles. The maximum absolute atomic E-state index is 13.0. The van der Waals surface area contributed by atoms with Crippen molar-refractivity contribution in [3.8, 4) is 28.3 Å². The highest BCUT2D eigenvalue weighted by Gasteiger charge is 2.52. The molecule has 13 heterocycles. The first-order valence-corrected chi connectivity index (χ1v) is 48.4. The number of hydrogen-bond donors (Lipinski definition) is 1. The maximum Gasteiger partial charge on any atom is 0.471 e. The van der Waals surface area contributed by atoms with Crippen molar-refractivity contribution in [1.29, 1.82) is 5.26 Å². The van der Waals surface area contributed by atoms with Gasteiger partial charge in [0.2, 0.25) is 0 Å². The molecule has 13 rings (SSSR count). The molecule has 7 aliphatic heterocycles. The first-order chi connectivity index (χ1) is 51.8. The fourth-order valence-electron chi connectivity index (χ4n) is 12.2. The van der Waals surface area contributed by atoms with Crippen molar-refractivity contribution in [2.75, 3.05) is 105 Å². The number of halogens is 4. The summed E-state index contributed by atoms with van der Waals surface area (Å²) in [5.41, 5.74) is 7.21. The highest BCUT2D eigenvalue weighted by molar-refractivity contribution is 8.11. The van der Waals surface area contributed by atoms with Crippen LogP contribution in [0, 0.1) is 31.0 Å². The van der Waals surface area contributed by atoms with E-state index in [1.165, 1.54) is 35.7 Å². The van der Waals surface area contributed by atoms with Crippen molar-refractivity contribution in [2.24, 2.45) is 0 Å². The number of hydrogen-bond acceptors (Lipinski definition) is 16. The van der Waals surface area contributed by atoms with E-state index in [9.17, 15) is 53.3 Å². The number of alkyl halides is 3. The molecule has 110 heavy (non-hydrogen) atoms. The summed E-state index contributed by atoms with van der Waals surface area (Å²) in [6.45, 7) is 47.5. The summed E-state index contributed by atoms with van der Waals surface area (Å²) >= 11 is 0. The molecule has 7 aliphatic rings. The number of nitrogens with one attached hydrogen (secondary N) is 1. The van der Waals surface area contributed by atoms with Crippen molar-refractivity contribution >= 4 is 90.6 Å². The Kier molecular flexibility index (Phi) is 30.1. The third kappa shape index (κ3) is 24.2. The van der Waals surface area contributed by atoms with Gasteiger partial charge >= 0.3 is 18.2 Å². The topological polar surface area (TPSA) is 306 Å². The quantitative estimate of drug-likeness (QED) is 0.0341. The van der Waals surface area contributed by atoms with Gasteiger partial charge in [-0.3, -0.25) is 14.6 Å². The van der Waals surface area contributed by atoms with Crippen LogP contribution in [0.4, 0.5) is 18.0 Å². The zero-order chi connectivity index (χ0) is 80.5. The van der Waals surface area contributed by atoms with Crippen LogP contribution in [-0.4, -0.2) is 240 Å². The summed E-state index contributed by atoms with van der Waals surface area (Å²) < 4.78 is 136. The molecule has 596 valence electrons. The third-order valence-corrected chi connectivity index (χ3v) is 27.2. The summed E-state index contributed by atoms with van der Waals surface area (Å²) in [6, 6.07) is 12.6. The van der Waals surface area contributed by atoms with Gasteiger partial charge in [-0.25, -0.2) is 29.3 Å². The lowest BCUT2D eigenvalue weighted by Crippen LogP contribution is -2.66. The van der Waals surface area contributed by atoms with Gasteiger partial charge in [-0.1, -0.05) is 39.3 Å². The molecule has 0 aromatic carbocycles. The molecule has 2 amide bonds. The van der Waals surface area contributed by atoms with Crippen molar-refractivity contribution in [3.05, 3.63) is 143 Å². The number of fused-ring (bicyclic) bond motifs is 2. The minimum absolute atomic E-state index is 0.0826. The minimum atomic E-state index is -4.80. The van der Waals surface area contributed by atoms with E-state index in [2.05, 4.69) is 95.8 Å². The van der Waals surface area contributed by atoms with Gasteiger partial charge in [0, 0.05) is 191 Å². The van der Waals surface area contributed by atoms with Gasteiger partial charge in [0.15, 0.2) is 18.6 Å². The highest BCUT2D eigenvalue weighted by Crippen LogP contribution is 2.38. The summed E-state index contributed by atoms with van der Waals surface area (Å²) in [4.78, 5) is 42.3. The molecular weight excluding hydrogens is 1540 g/mol. The average molecular weight is 1640 g/mol. The van der Waals surface area contributed by atoms with Gasteiger partial charge in [0.05, 0.1) is 44.6 Å². The predicted molar refractivity (Wildman–Crippen MR) is 417 cm³/mol. The van der Waals surface area contributed by atoms with Gasteiger partial charge in [0.25, 0.3) is 29.7 Å². The summed E-state index contributed by atoms with van der Waals surface area (Å²) in [5.74, 6) is -1.84. The van der Waals surface area contributed by atoms with Crippen LogP contribution in [0.5, 0.6) is 0 Å². The number of likely N-dealkylation sites (tertiary alicyclic amines) is 2. The summed E-state index contributed by atoms with van der Waals surface area (Å²) in [6.07, 6.45) is 19.8. The standard InChI is InChI=1S/C25H35N7O3SSi.C16H22N4OSi.C10H14N2O2.C9H13N3O2S.C7H5F3N2O.C4H8ClNO2S/c1-37(2,3)15-14-35-20-29-13-7-23-22(6-10-27-24(23)29)21-16-28-32(17-21)25(8-9-26)18-31(19-25)36(33,34)30-11-4-5-12-30;1-22(2,3)9-8-21-12-20-7-5-15-14(4-6-17-16(15)20)13-10-18-19-11-13;1-10(2,3)14-9(13)12-6-8(7-12)5-11-4;1-10-6-9-7-12(8-9)15(13,14)11-4-2-3-5-11;1-11-2-5-3-12(4-5)6(13)7(8,9)10;5-9(7,8)6-3-1-2-4-6/h6-7,10,13,16-17H,4-5,8,11-12,14-15,18-20H2,1-3H3;4-7,10-11H,8-9,12H2,1-3H3,(H,18,19);5H,6-7H2,1-3H3;6H,2-5,7-8H2;2H,3-4H2;1-4H2. The SMILES string of the molecule is C[Si](C)(C)CCOCn1ccc2c(-c3cn[nH]c3)ccnc21.C[Si](C)(C)CCOCn1ccc2c(-c3cnn(C4(CC#N)CN(S(=O)(=O)N5CCCC5)C4)c3)ccnc21.O=S(=O)(Cl)N1CCCC1.[C-]#[N+]C=C1CN(C(=O)C(F)(F)F)C1.[C-]#[N+]C=C1CN(C(=O)OC(C)(C)C)C1.[C-]#[N+]C=C1CN(S(=O)(=O)N2CCCC2)C1. The number of carbonyl (C=O) groups is 2. The van der Waals surface area contributed by atoms with Gasteiger partial charge in [-0.15, -0.1) is 0 Å². The molecule has 0 aliphatic carbocycles. The second-order valence-electron chi connectivity index (χ2n) is 30.7. The fraction of sp³-hybridized carbons (Fsp3) is 0.549. The van der Waals surface area contributed by atoms with E-state index in [0.29, 0.717) is 89.4 Å². The maximum atomic E-state index is 13.0. The zero-order valence-electron chi connectivity index (χ0n) is 63.5. The Morgan fingerprint density at radius 1 is 0.636 bits per heavy atom. The number of aromatic nitrogens is 8. The molecule has 7 fully saturated rings. The Morgan fingerprint density at radius 2 is 1.07 bits per heavy atom. The Labute approximate surface area is 649 Å². The Balaban J connectivity index is 0.000000178. The largest absolute Gasteiger partial charge is 0.471 e. The number of nitriles is 1. The zero-order valence-corrected chi connectivity index (χ0v) is 68.7. The second kappa shape index (κ2) is 37.9. The molecule has 0 saturated carbocycles. The van der Waals surface area contributed by atoms with Crippen molar-refractivity contribution in [3.63, 3.8) is 0 Å². The van der Waals surface area contributed by atoms with Crippen LogP contribution in [0.15, 0.2) is 109 Å². The monoisotopic (exact) mass is 1640 g/mol. The molecule has 0 radical (unpaired) electrons. The normalized spacial score (nSPS) is 17.7. The summed E-state index contributed by atoms with van der Waals surface area (Å²) in [5, 5.41) is 23.1. The van der Waals surface area contributed by atoms with Crippen molar-refractivity contribution in [2.45, 2.75) is 148 Å². The van der Waals surface area contributed by atoms with E-state index >= 15 is 0 Å². The first-order valence-electron chi connectivity index (χ1n) is 35.9. The molecule has 0 bridgehead atoms. The van der Waals surface area contributed by atoms with Crippen LogP contribution in [-0.2, 0) is 67.7 Å². The van der Waals surface area contributed by atoms with Crippen molar-refractivity contribution in [1.82, 2.24) is 70.4 Å². The fourth-order valence-corrected chi connectivity index (χ4v) is 18.4. The number of H-pyrrole nitrogens is 1. The number of pyridine rings is 2. The third-order valence-electron chi connectivity index (χ3n) is 18.4. The van der Waals surface area contributed by atoms with Crippen LogP contribution in [0.1, 0.15) is 65.7 Å². The van der Waals surface area contributed by atoms with Gasteiger partial charge < -0.3 is 33.1 Å². The molecular formula is C71H97ClF3N19O11S3Si2. The molecule has 6 aromatic rings. The Bertz CT molecular complexity index is 4770. The van der Waals surface area contributed by atoms with E-state index in [-0.39, 0.29) is 38.7 Å². The van der Waals surface area contributed by atoms with Gasteiger partial charge in [-0.05, 0) is 123 Å². The lowest BCUT2D eigenvalue weighted by molar-refractivity contribution is -0.186. The van der Waals surface area contributed by atoms with Crippen LogP contribution >= 0.6 is 10.7 Å². The van der Waals surface area contributed by atoms with Crippen LogP contribution < -0.4 is 0 Å².